The van der Waals surface area contributed by atoms with Gasteiger partial charge in [-0.05, 0) is 43.0 Å². The van der Waals surface area contributed by atoms with E-state index in [0.29, 0.717) is 5.56 Å². The molecule has 1 aromatic heterocycles. The summed E-state index contributed by atoms with van der Waals surface area (Å²) in [7, 11) is 0. The smallest absolute Gasteiger partial charge is 0.150 e. The molecule has 1 aliphatic rings. The normalized spacial score (nSPS) is 19.0. The molecule has 0 saturated carbocycles. The predicted octanol–water partition coefficient (Wildman–Crippen LogP) is 3.12. The first-order valence-electron chi connectivity index (χ1n) is 6.54. The third-order valence-electron chi connectivity index (χ3n) is 3.41. The van der Waals surface area contributed by atoms with E-state index < -0.39 is 0 Å². The first-order valence-corrected chi connectivity index (χ1v) is 6.54. The van der Waals surface area contributed by atoms with Crippen LogP contribution in [-0.4, -0.2) is 16.4 Å². The average Bonchev–Trinajstić information content (AvgIpc) is 2.98. The highest BCUT2D eigenvalue weighted by molar-refractivity contribution is 5.60. The maximum absolute atomic E-state index is 8.83. The van der Waals surface area contributed by atoms with Crippen molar-refractivity contribution < 1.29 is 4.74 Å². The van der Waals surface area contributed by atoms with Crippen LogP contribution in [-0.2, 0) is 4.74 Å². The summed E-state index contributed by atoms with van der Waals surface area (Å²) in [6.45, 7) is 0.803. The van der Waals surface area contributed by atoms with E-state index in [1.165, 1.54) is 6.42 Å². The van der Waals surface area contributed by atoms with Crippen molar-refractivity contribution in [1.82, 2.24) is 9.78 Å². The Kier molecular flexibility index (Phi) is 3.30. The fourth-order valence-corrected chi connectivity index (χ4v) is 2.40. The Morgan fingerprint density at radius 3 is 2.74 bits per heavy atom. The van der Waals surface area contributed by atoms with Crippen LogP contribution in [0.2, 0.25) is 0 Å². The van der Waals surface area contributed by atoms with Crippen LogP contribution >= 0.6 is 0 Å². The van der Waals surface area contributed by atoms with Gasteiger partial charge in [0.1, 0.15) is 0 Å². The second-order valence-corrected chi connectivity index (χ2v) is 4.67. The molecule has 0 amide bonds. The molecular formula is C15H15N3O. The van der Waals surface area contributed by atoms with Gasteiger partial charge in [-0.15, -0.1) is 0 Å². The maximum Gasteiger partial charge on any atom is 0.150 e. The minimum atomic E-state index is 0.0365. The lowest BCUT2D eigenvalue weighted by atomic mass is 10.1. The van der Waals surface area contributed by atoms with E-state index in [0.717, 1.165) is 30.7 Å². The van der Waals surface area contributed by atoms with Crippen LogP contribution in [0.5, 0.6) is 0 Å². The fraction of sp³-hybridized carbons (Fsp3) is 0.333. The van der Waals surface area contributed by atoms with E-state index in [-0.39, 0.29) is 6.23 Å². The lowest BCUT2D eigenvalue weighted by Crippen LogP contribution is -2.19. The molecule has 2 aromatic rings. The molecular weight excluding hydrogens is 238 g/mol. The van der Waals surface area contributed by atoms with Gasteiger partial charge >= 0.3 is 0 Å². The minimum Gasteiger partial charge on any atom is -0.356 e. The van der Waals surface area contributed by atoms with Gasteiger partial charge in [0, 0.05) is 12.8 Å². The number of rotatable bonds is 2. The predicted molar refractivity (Wildman–Crippen MR) is 71.2 cm³/mol. The van der Waals surface area contributed by atoms with Crippen LogP contribution in [0.1, 0.15) is 31.1 Å². The van der Waals surface area contributed by atoms with Crippen molar-refractivity contribution in [1.29, 1.82) is 5.26 Å². The molecule has 0 N–H and O–H groups in total. The number of hydrogen-bond donors (Lipinski definition) is 0. The van der Waals surface area contributed by atoms with E-state index in [1.807, 2.05) is 35.0 Å². The van der Waals surface area contributed by atoms with Crippen LogP contribution in [0, 0.1) is 11.3 Å². The summed E-state index contributed by atoms with van der Waals surface area (Å²) in [5.41, 5.74) is 2.77. The molecule has 2 heterocycles. The Bertz CT molecular complexity index is 589. The summed E-state index contributed by atoms with van der Waals surface area (Å²) in [4.78, 5) is 0. The van der Waals surface area contributed by atoms with Gasteiger partial charge in [0.05, 0.1) is 17.3 Å². The van der Waals surface area contributed by atoms with Crippen molar-refractivity contribution >= 4 is 0 Å². The molecule has 1 fully saturated rings. The minimum absolute atomic E-state index is 0.0365. The molecule has 1 aromatic carbocycles. The largest absolute Gasteiger partial charge is 0.356 e. The number of aromatic nitrogens is 2. The second-order valence-electron chi connectivity index (χ2n) is 4.67. The second kappa shape index (κ2) is 5.25. The summed E-state index contributed by atoms with van der Waals surface area (Å²) in [6.07, 6.45) is 5.15. The third kappa shape index (κ3) is 2.38. The maximum atomic E-state index is 8.83. The first kappa shape index (κ1) is 11.9. The molecule has 0 radical (unpaired) electrons. The van der Waals surface area contributed by atoms with Gasteiger partial charge in [-0.3, -0.25) is 0 Å². The molecule has 1 aliphatic heterocycles. The van der Waals surface area contributed by atoms with Gasteiger partial charge in [-0.1, -0.05) is 12.1 Å². The summed E-state index contributed by atoms with van der Waals surface area (Å²) >= 11 is 0. The molecule has 3 rings (SSSR count). The highest BCUT2D eigenvalue weighted by atomic mass is 16.5. The number of ether oxygens (including phenoxy) is 1. The Balaban J connectivity index is 1.92. The molecule has 1 atom stereocenters. The van der Waals surface area contributed by atoms with E-state index in [1.54, 1.807) is 6.20 Å². The Hall–Kier alpha value is -2.12. The van der Waals surface area contributed by atoms with Gasteiger partial charge in [-0.25, -0.2) is 4.68 Å². The molecule has 4 nitrogen and oxygen atoms in total. The van der Waals surface area contributed by atoms with Crippen molar-refractivity contribution in [3.63, 3.8) is 0 Å². The number of nitrogens with zero attached hydrogens (tertiary/aromatic N) is 3. The van der Waals surface area contributed by atoms with Crippen LogP contribution in [0.3, 0.4) is 0 Å². The lowest BCUT2D eigenvalue weighted by Gasteiger charge is -2.24. The SMILES string of the molecule is N#Cc1ccc(-c2ccnn2C2CCCCO2)cc1. The number of hydrogen-bond acceptors (Lipinski definition) is 3. The molecule has 19 heavy (non-hydrogen) atoms. The Morgan fingerprint density at radius 2 is 2.05 bits per heavy atom. The third-order valence-corrected chi connectivity index (χ3v) is 3.41. The molecule has 1 unspecified atom stereocenters. The van der Waals surface area contributed by atoms with Crippen molar-refractivity contribution in [2.45, 2.75) is 25.5 Å². The highest BCUT2D eigenvalue weighted by Crippen LogP contribution is 2.28. The highest BCUT2D eigenvalue weighted by Gasteiger charge is 2.19. The van der Waals surface area contributed by atoms with Crippen molar-refractivity contribution in [3.8, 4) is 17.3 Å². The van der Waals surface area contributed by atoms with E-state index in [4.69, 9.17) is 10.00 Å². The lowest BCUT2D eigenvalue weighted by molar-refractivity contribution is -0.0383. The van der Waals surface area contributed by atoms with Gasteiger partial charge in [0.2, 0.25) is 0 Å². The number of nitriles is 1. The van der Waals surface area contributed by atoms with E-state index in [2.05, 4.69) is 11.2 Å². The quantitative estimate of drug-likeness (QED) is 0.826. The first-order chi connectivity index (χ1) is 9.38. The standard InChI is InChI=1S/C15H15N3O/c16-11-12-4-6-13(7-5-12)14-8-9-17-18(14)15-3-1-2-10-19-15/h4-9,15H,1-3,10H2. The van der Waals surface area contributed by atoms with Gasteiger partial charge in [0.15, 0.2) is 6.23 Å². The van der Waals surface area contributed by atoms with Crippen LogP contribution < -0.4 is 0 Å². The zero-order valence-electron chi connectivity index (χ0n) is 10.6. The summed E-state index contributed by atoms with van der Waals surface area (Å²) in [6, 6.07) is 11.7. The zero-order valence-corrected chi connectivity index (χ0v) is 10.6. The van der Waals surface area contributed by atoms with Gasteiger partial charge < -0.3 is 4.74 Å². The van der Waals surface area contributed by atoms with E-state index >= 15 is 0 Å². The van der Waals surface area contributed by atoms with E-state index in [9.17, 15) is 0 Å². The molecule has 4 heteroatoms. The molecule has 0 spiro atoms. The fourth-order valence-electron chi connectivity index (χ4n) is 2.40. The van der Waals surface area contributed by atoms with Crippen molar-refractivity contribution in [2.24, 2.45) is 0 Å². The van der Waals surface area contributed by atoms with Gasteiger partial charge in [0.25, 0.3) is 0 Å². The van der Waals surface area contributed by atoms with Crippen molar-refractivity contribution in [2.75, 3.05) is 6.61 Å². The Labute approximate surface area is 112 Å². The average molecular weight is 253 g/mol. The summed E-state index contributed by atoms with van der Waals surface area (Å²) in [5, 5.41) is 13.2. The van der Waals surface area contributed by atoms with Crippen LogP contribution in [0.25, 0.3) is 11.3 Å². The molecule has 0 aliphatic carbocycles. The van der Waals surface area contributed by atoms with Crippen LogP contribution in [0.15, 0.2) is 36.5 Å². The molecule has 0 bridgehead atoms. The zero-order chi connectivity index (χ0) is 13.1. The van der Waals surface area contributed by atoms with Crippen molar-refractivity contribution in [3.05, 3.63) is 42.1 Å². The topological polar surface area (TPSA) is 50.8 Å². The van der Waals surface area contributed by atoms with Gasteiger partial charge in [-0.2, -0.15) is 10.4 Å². The summed E-state index contributed by atoms with van der Waals surface area (Å²) < 4.78 is 7.72. The number of benzene rings is 1. The van der Waals surface area contributed by atoms with Crippen LogP contribution in [0.4, 0.5) is 0 Å². The molecule has 96 valence electrons. The molecule has 1 saturated heterocycles. The summed E-state index contributed by atoms with van der Waals surface area (Å²) in [5.74, 6) is 0. The monoisotopic (exact) mass is 253 g/mol. The Morgan fingerprint density at radius 1 is 1.21 bits per heavy atom.